The maximum atomic E-state index is 13.2. The number of nitrogens with zero attached hydrogens (tertiary/aromatic N) is 4. The summed E-state index contributed by atoms with van der Waals surface area (Å²) in [4.78, 5) is 49.6. The Bertz CT molecular complexity index is 1540. The van der Waals surface area contributed by atoms with Gasteiger partial charge in [-0.25, -0.2) is 19.6 Å². The third-order valence-corrected chi connectivity index (χ3v) is 7.40. The first-order valence-corrected chi connectivity index (χ1v) is 14.6. The number of nitrogens with one attached hydrogen (secondary N) is 2. The van der Waals surface area contributed by atoms with Crippen LogP contribution in [0.25, 0.3) is 11.3 Å². The van der Waals surface area contributed by atoms with E-state index in [-0.39, 0.29) is 40.4 Å². The predicted molar refractivity (Wildman–Crippen MR) is 166 cm³/mol. The largest absolute Gasteiger partial charge is 0.444 e. The maximum absolute atomic E-state index is 13.2. The molecule has 1 fully saturated rings. The van der Waals surface area contributed by atoms with Gasteiger partial charge < -0.3 is 30.9 Å². The average Bonchev–Trinajstić information content (AvgIpc) is 2.96. The third-order valence-electron chi connectivity index (χ3n) is 6.45. The van der Waals surface area contributed by atoms with Crippen molar-refractivity contribution in [1.29, 1.82) is 0 Å². The molecular formula is C29H31F3IN7O4. The zero-order valence-corrected chi connectivity index (χ0v) is 26.3. The molecule has 1 aliphatic rings. The highest BCUT2D eigenvalue weighted by Crippen LogP contribution is 2.34. The van der Waals surface area contributed by atoms with E-state index in [0.717, 1.165) is 6.07 Å². The summed E-state index contributed by atoms with van der Waals surface area (Å²) in [6, 6.07) is 9.83. The van der Waals surface area contributed by atoms with Gasteiger partial charge >= 0.3 is 18.3 Å². The molecule has 4 rings (SSSR count). The monoisotopic (exact) mass is 725 g/mol. The topological polar surface area (TPSA) is 143 Å². The molecule has 3 aromatic rings. The smallest absolute Gasteiger partial charge is 0.417 e. The number of nitrogens with two attached hydrogens (primary N) is 1. The van der Waals surface area contributed by atoms with Crippen molar-refractivity contribution in [3.05, 3.63) is 69.1 Å². The van der Waals surface area contributed by atoms with Gasteiger partial charge in [0.25, 0.3) is 5.91 Å². The summed E-state index contributed by atoms with van der Waals surface area (Å²) in [5.74, 6) is -0.418. The number of hydrogen-bond donors (Lipinski definition) is 3. The highest BCUT2D eigenvalue weighted by atomic mass is 127. The number of rotatable bonds is 5. The van der Waals surface area contributed by atoms with Crippen LogP contribution in [0.2, 0.25) is 0 Å². The van der Waals surface area contributed by atoms with E-state index in [9.17, 15) is 27.6 Å². The second kappa shape index (κ2) is 13.2. The van der Waals surface area contributed by atoms with Crippen LogP contribution in [0.3, 0.4) is 0 Å². The number of anilines is 2. The minimum Gasteiger partial charge on any atom is -0.444 e. The number of piperazine rings is 1. The molecule has 1 aliphatic heterocycles. The van der Waals surface area contributed by atoms with Gasteiger partial charge in [0.2, 0.25) is 0 Å². The van der Waals surface area contributed by atoms with E-state index in [0.29, 0.717) is 29.9 Å². The number of benzene rings is 2. The van der Waals surface area contributed by atoms with E-state index in [1.165, 1.54) is 18.3 Å². The van der Waals surface area contributed by atoms with Crippen molar-refractivity contribution in [3.63, 3.8) is 0 Å². The number of urea groups is 1. The first-order valence-electron chi connectivity index (χ1n) is 13.5. The zero-order valence-electron chi connectivity index (χ0n) is 24.2. The van der Waals surface area contributed by atoms with Gasteiger partial charge in [0.1, 0.15) is 5.60 Å². The molecule has 0 aliphatic carbocycles. The van der Waals surface area contributed by atoms with Gasteiger partial charge in [-0.3, -0.25) is 4.79 Å². The maximum Gasteiger partial charge on any atom is 0.417 e. The third kappa shape index (κ3) is 8.48. The Morgan fingerprint density at radius 2 is 1.64 bits per heavy atom. The molecule has 11 nitrogen and oxygen atoms in total. The SMILES string of the molecule is CC(C)(C)OC(=O)N1CCN(C(=O)c2nc(-c3ccc(CNC(=O)Nc4ccc(I)c(C(F)(F)F)c4)cc3)cnc2N)CC1. The van der Waals surface area contributed by atoms with E-state index < -0.39 is 35.4 Å². The molecule has 4 amide bonds. The fraction of sp³-hybridized carbons (Fsp3) is 0.345. The molecule has 234 valence electrons. The second-order valence-electron chi connectivity index (χ2n) is 10.9. The molecule has 15 heteroatoms. The molecule has 0 radical (unpaired) electrons. The van der Waals surface area contributed by atoms with Crippen LogP contribution in [0.5, 0.6) is 0 Å². The summed E-state index contributed by atoms with van der Waals surface area (Å²) in [6.07, 6.45) is -3.52. The molecule has 0 atom stereocenters. The highest BCUT2D eigenvalue weighted by molar-refractivity contribution is 14.1. The molecule has 1 aromatic heterocycles. The predicted octanol–water partition coefficient (Wildman–Crippen LogP) is 5.36. The van der Waals surface area contributed by atoms with Crippen molar-refractivity contribution >= 4 is 52.1 Å². The van der Waals surface area contributed by atoms with Crippen molar-refractivity contribution < 1.29 is 32.3 Å². The minimum absolute atomic E-state index is 0.0000812. The Kier molecular flexibility index (Phi) is 9.85. The van der Waals surface area contributed by atoms with Crippen LogP contribution >= 0.6 is 22.6 Å². The van der Waals surface area contributed by atoms with Crippen LogP contribution in [0.1, 0.15) is 42.4 Å². The number of carbonyl (C=O) groups excluding carboxylic acids is 3. The Balaban J connectivity index is 1.35. The molecule has 1 saturated heterocycles. The van der Waals surface area contributed by atoms with Gasteiger partial charge in [-0.15, -0.1) is 0 Å². The lowest BCUT2D eigenvalue weighted by molar-refractivity contribution is -0.138. The number of alkyl halides is 3. The van der Waals surface area contributed by atoms with Crippen LogP contribution < -0.4 is 16.4 Å². The number of nitrogen functional groups attached to an aromatic ring is 1. The van der Waals surface area contributed by atoms with E-state index in [1.54, 1.807) is 77.4 Å². The number of aromatic nitrogens is 2. The lowest BCUT2D eigenvalue weighted by Crippen LogP contribution is -2.51. The van der Waals surface area contributed by atoms with Gasteiger partial charge in [0.15, 0.2) is 11.5 Å². The van der Waals surface area contributed by atoms with Crippen molar-refractivity contribution in [1.82, 2.24) is 25.1 Å². The van der Waals surface area contributed by atoms with Crippen LogP contribution in [0.15, 0.2) is 48.7 Å². The normalized spacial score (nSPS) is 13.8. The Morgan fingerprint density at radius 3 is 2.25 bits per heavy atom. The molecular weight excluding hydrogens is 694 g/mol. The second-order valence-corrected chi connectivity index (χ2v) is 12.1. The van der Waals surface area contributed by atoms with E-state index in [1.807, 2.05) is 0 Å². The van der Waals surface area contributed by atoms with Gasteiger partial charge in [-0.05, 0) is 67.1 Å². The Hall–Kier alpha value is -4.15. The molecule has 2 aromatic carbocycles. The Morgan fingerprint density at radius 1 is 1.00 bits per heavy atom. The van der Waals surface area contributed by atoms with Crippen molar-refractivity contribution in [2.75, 3.05) is 37.2 Å². The summed E-state index contributed by atoms with van der Waals surface area (Å²) >= 11 is 1.59. The number of ether oxygens (including phenoxy) is 1. The number of amides is 4. The molecule has 0 spiro atoms. The summed E-state index contributed by atoms with van der Waals surface area (Å²) in [7, 11) is 0. The fourth-order valence-electron chi connectivity index (χ4n) is 4.23. The van der Waals surface area contributed by atoms with E-state index in [2.05, 4.69) is 20.6 Å². The van der Waals surface area contributed by atoms with Gasteiger partial charge in [-0.1, -0.05) is 24.3 Å². The first-order chi connectivity index (χ1) is 20.6. The first kappa shape index (κ1) is 32.8. The van der Waals surface area contributed by atoms with Gasteiger partial charge in [0.05, 0.1) is 17.5 Å². The van der Waals surface area contributed by atoms with E-state index in [4.69, 9.17) is 10.5 Å². The molecule has 0 saturated carbocycles. The highest BCUT2D eigenvalue weighted by Gasteiger charge is 2.33. The van der Waals surface area contributed by atoms with Crippen LogP contribution in [0, 0.1) is 3.57 Å². The average molecular weight is 726 g/mol. The number of hydrogen-bond acceptors (Lipinski definition) is 7. The summed E-state index contributed by atoms with van der Waals surface area (Å²) in [5.41, 5.74) is 6.33. The van der Waals surface area contributed by atoms with Crippen molar-refractivity contribution in [2.24, 2.45) is 0 Å². The standard InChI is InChI=1S/C29H31F3IN7O4/c1-28(2,3)44-27(43)40-12-10-39(11-13-40)25(41)23-24(34)35-16-22(38-23)18-6-4-17(5-7-18)15-36-26(42)37-19-8-9-21(33)20(14-19)29(30,31)32/h4-9,14,16H,10-13,15H2,1-3H3,(H2,34,35)(H2,36,37,42). The number of halogens is 4. The molecule has 0 bridgehead atoms. The summed E-state index contributed by atoms with van der Waals surface area (Å²) in [6.45, 7) is 6.65. The van der Waals surface area contributed by atoms with E-state index >= 15 is 0 Å². The molecule has 0 unspecified atom stereocenters. The molecule has 4 N–H and O–H groups in total. The van der Waals surface area contributed by atoms with Crippen molar-refractivity contribution in [2.45, 2.75) is 39.1 Å². The number of carbonyl (C=O) groups is 3. The van der Waals surface area contributed by atoms with Gasteiger partial charge in [-0.2, -0.15) is 13.2 Å². The summed E-state index contributed by atoms with van der Waals surface area (Å²) in [5, 5.41) is 5.02. The lowest BCUT2D eigenvalue weighted by Gasteiger charge is -2.35. The molecule has 44 heavy (non-hydrogen) atoms. The van der Waals surface area contributed by atoms with Crippen LogP contribution in [-0.2, 0) is 17.5 Å². The lowest BCUT2D eigenvalue weighted by atomic mass is 10.1. The quantitative estimate of drug-likeness (QED) is 0.301. The van der Waals surface area contributed by atoms with Crippen LogP contribution in [-0.4, -0.2) is 69.6 Å². The molecule has 2 heterocycles. The summed E-state index contributed by atoms with van der Waals surface area (Å²) < 4.78 is 44.9. The van der Waals surface area contributed by atoms with Crippen molar-refractivity contribution in [3.8, 4) is 11.3 Å². The fourth-order valence-corrected chi connectivity index (χ4v) is 4.88. The Labute approximate surface area is 265 Å². The van der Waals surface area contributed by atoms with Gasteiger partial charge in [0, 0.05) is 47.5 Å². The zero-order chi connectivity index (χ0) is 32.2. The van der Waals surface area contributed by atoms with Crippen LogP contribution in [0.4, 0.5) is 34.3 Å². The minimum atomic E-state index is -4.53.